The molecule has 0 spiro atoms. The van der Waals surface area contributed by atoms with Gasteiger partial charge in [0.15, 0.2) is 11.5 Å². The first kappa shape index (κ1) is 18.4. The number of hydrogen-bond donors (Lipinski definition) is 0. The highest BCUT2D eigenvalue weighted by molar-refractivity contribution is 5.91. The molecular formula is C20H22O5. The van der Waals surface area contributed by atoms with Crippen molar-refractivity contribution in [3.63, 3.8) is 0 Å². The summed E-state index contributed by atoms with van der Waals surface area (Å²) in [4.78, 5) is 12.4. The maximum absolute atomic E-state index is 12.4. The molecule has 132 valence electrons. The van der Waals surface area contributed by atoms with Crippen LogP contribution in [-0.4, -0.2) is 27.3 Å². The highest BCUT2D eigenvalue weighted by Crippen LogP contribution is 2.33. The summed E-state index contributed by atoms with van der Waals surface area (Å²) in [6, 6.07) is 10.7. The summed E-state index contributed by atoms with van der Waals surface area (Å²) >= 11 is 0. The lowest BCUT2D eigenvalue weighted by molar-refractivity contribution is 0.0472. The van der Waals surface area contributed by atoms with Crippen LogP contribution in [0.15, 0.2) is 42.5 Å². The van der Waals surface area contributed by atoms with Gasteiger partial charge >= 0.3 is 5.97 Å². The summed E-state index contributed by atoms with van der Waals surface area (Å²) < 4.78 is 21.2. The average Bonchev–Trinajstić information content (AvgIpc) is 2.66. The lowest BCUT2D eigenvalue weighted by Gasteiger charge is -2.13. The topological polar surface area (TPSA) is 54.0 Å². The average molecular weight is 342 g/mol. The Morgan fingerprint density at radius 1 is 1.00 bits per heavy atom. The van der Waals surface area contributed by atoms with E-state index in [1.165, 1.54) is 7.11 Å². The van der Waals surface area contributed by atoms with E-state index in [2.05, 4.69) is 0 Å². The number of allylic oxidation sites excluding steroid dienone is 1. The number of hydrogen-bond acceptors (Lipinski definition) is 5. The highest BCUT2D eigenvalue weighted by Gasteiger charge is 2.16. The fourth-order valence-corrected chi connectivity index (χ4v) is 2.37. The molecule has 25 heavy (non-hydrogen) atoms. The van der Waals surface area contributed by atoms with Gasteiger partial charge in [-0.25, -0.2) is 4.79 Å². The third-order valence-corrected chi connectivity index (χ3v) is 3.62. The fourth-order valence-electron chi connectivity index (χ4n) is 2.37. The molecule has 0 aliphatic rings. The van der Waals surface area contributed by atoms with Crippen molar-refractivity contribution in [1.29, 1.82) is 0 Å². The van der Waals surface area contributed by atoms with Crippen LogP contribution in [0.1, 0.15) is 28.4 Å². The predicted molar refractivity (Wildman–Crippen MR) is 96.4 cm³/mol. The molecule has 0 fully saturated rings. The molecule has 0 bridgehead atoms. The second-order valence-electron chi connectivity index (χ2n) is 5.23. The maximum atomic E-state index is 12.4. The second-order valence-corrected chi connectivity index (χ2v) is 5.23. The molecule has 2 aromatic carbocycles. The van der Waals surface area contributed by atoms with Crippen molar-refractivity contribution in [2.75, 3.05) is 21.3 Å². The second kappa shape index (κ2) is 8.78. The first-order valence-electron chi connectivity index (χ1n) is 7.81. The van der Waals surface area contributed by atoms with Gasteiger partial charge in [-0.05, 0) is 36.8 Å². The summed E-state index contributed by atoms with van der Waals surface area (Å²) in [6.45, 7) is 2.07. The molecule has 0 N–H and O–H groups in total. The van der Waals surface area contributed by atoms with E-state index in [1.807, 2.05) is 43.3 Å². The summed E-state index contributed by atoms with van der Waals surface area (Å²) in [5.41, 5.74) is 2.03. The summed E-state index contributed by atoms with van der Waals surface area (Å²) in [5.74, 6) is 1.38. The zero-order chi connectivity index (χ0) is 18.2. The molecule has 2 rings (SSSR count). The number of carbonyl (C=O) groups is 1. The van der Waals surface area contributed by atoms with E-state index in [9.17, 15) is 4.79 Å². The Hall–Kier alpha value is -2.95. The third kappa shape index (κ3) is 4.53. The number of rotatable bonds is 7. The Morgan fingerprint density at radius 2 is 1.72 bits per heavy atom. The van der Waals surface area contributed by atoms with Gasteiger partial charge in [-0.3, -0.25) is 0 Å². The molecule has 5 heteroatoms. The summed E-state index contributed by atoms with van der Waals surface area (Å²) in [5, 5.41) is 0. The molecule has 0 saturated carbocycles. The predicted octanol–water partition coefficient (Wildman–Crippen LogP) is 4.10. The Labute approximate surface area is 147 Å². The molecule has 0 heterocycles. The lowest BCUT2D eigenvalue weighted by Crippen LogP contribution is -2.07. The highest BCUT2D eigenvalue weighted by atomic mass is 16.5. The Kier molecular flexibility index (Phi) is 6.46. The molecule has 0 aromatic heterocycles. The lowest BCUT2D eigenvalue weighted by atomic mass is 10.1. The van der Waals surface area contributed by atoms with Crippen LogP contribution in [-0.2, 0) is 11.3 Å². The van der Waals surface area contributed by atoms with Gasteiger partial charge in [0.2, 0.25) is 0 Å². The zero-order valence-electron chi connectivity index (χ0n) is 14.9. The Balaban J connectivity index is 2.18. The van der Waals surface area contributed by atoms with E-state index < -0.39 is 5.97 Å². The monoisotopic (exact) mass is 342 g/mol. The number of ether oxygens (including phenoxy) is 4. The first-order chi connectivity index (χ1) is 12.1. The van der Waals surface area contributed by atoms with Crippen LogP contribution in [0.2, 0.25) is 0 Å². The van der Waals surface area contributed by atoms with Crippen LogP contribution in [0, 0.1) is 0 Å². The molecular weight excluding hydrogens is 320 g/mol. The largest absolute Gasteiger partial charge is 0.497 e. The van der Waals surface area contributed by atoms with Gasteiger partial charge in [0, 0.05) is 5.56 Å². The molecule has 0 saturated heterocycles. The van der Waals surface area contributed by atoms with Crippen molar-refractivity contribution in [2.24, 2.45) is 0 Å². The van der Waals surface area contributed by atoms with Crippen LogP contribution in [0.4, 0.5) is 0 Å². The van der Waals surface area contributed by atoms with Gasteiger partial charge in [0.1, 0.15) is 12.4 Å². The molecule has 0 unspecified atom stereocenters. The molecule has 0 atom stereocenters. The molecule has 5 nitrogen and oxygen atoms in total. The number of carbonyl (C=O) groups excluding carboxylic acids is 1. The van der Waals surface area contributed by atoms with Crippen LogP contribution in [0.5, 0.6) is 17.2 Å². The number of esters is 1. The van der Waals surface area contributed by atoms with E-state index in [0.717, 1.165) is 16.9 Å². The van der Waals surface area contributed by atoms with E-state index in [1.54, 1.807) is 26.4 Å². The van der Waals surface area contributed by atoms with Crippen molar-refractivity contribution in [2.45, 2.75) is 13.5 Å². The van der Waals surface area contributed by atoms with Gasteiger partial charge in [0.25, 0.3) is 0 Å². The standard InChI is InChI=1S/C20H22O5/c1-5-6-15-11-16(12-18(23-3)19(15)24-4)20(21)25-13-14-7-9-17(22-2)10-8-14/h5-12H,13H2,1-4H3/b6-5+. The van der Waals surface area contributed by atoms with Crippen molar-refractivity contribution in [1.82, 2.24) is 0 Å². The van der Waals surface area contributed by atoms with Crippen LogP contribution >= 0.6 is 0 Å². The van der Waals surface area contributed by atoms with Gasteiger partial charge in [0.05, 0.1) is 26.9 Å². The van der Waals surface area contributed by atoms with Gasteiger partial charge in [-0.1, -0.05) is 24.3 Å². The van der Waals surface area contributed by atoms with E-state index in [-0.39, 0.29) is 6.61 Å². The van der Waals surface area contributed by atoms with Crippen LogP contribution in [0.3, 0.4) is 0 Å². The van der Waals surface area contributed by atoms with E-state index in [4.69, 9.17) is 18.9 Å². The summed E-state index contributed by atoms with van der Waals surface area (Å²) in [6.07, 6.45) is 3.71. The normalized spacial score (nSPS) is 10.6. The Bertz CT molecular complexity index is 747. The quantitative estimate of drug-likeness (QED) is 0.709. The van der Waals surface area contributed by atoms with Crippen molar-refractivity contribution in [3.05, 3.63) is 59.2 Å². The zero-order valence-corrected chi connectivity index (χ0v) is 14.9. The minimum Gasteiger partial charge on any atom is -0.497 e. The molecule has 2 aromatic rings. The van der Waals surface area contributed by atoms with Gasteiger partial charge in [-0.2, -0.15) is 0 Å². The summed E-state index contributed by atoms with van der Waals surface area (Å²) in [7, 11) is 4.70. The third-order valence-electron chi connectivity index (χ3n) is 3.62. The smallest absolute Gasteiger partial charge is 0.338 e. The Morgan fingerprint density at radius 3 is 2.28 bits per heavy atom. The molecule has 0 aliphatic heterocycles. The number of benzene rings is 2. The molecule has 0 amide bonds. The van der Waals surface area contributed by atoms with Gasteiger partial charge < -0.3 is 18.9 Å². The maximum Gasteiger partial charge on any atom is 0.338 e. The fraction of sp³-hybridized carbons (Fsp3) is 0.250. The minimum atomic E-state index is -0.428. The minimum absolute atomic E-state index is 0.177. The van der Waals surface area contributed by atoms with E-state index >= 15 is 0 Å². The van der Waals surface area contributed by atoms with Crippen molar-refractivity contribution < 1.29 is 23.7 Å². The van der Waals surface area contributed by atoms with E-state index in [0.29, 0.717) is 17.1 Å². The SMILES string of the molecule is C/C=C/c1cc(C(=O)OCc2ccc(OC)cc2)cc(OC)c1OC. The van der Waals surface area contributed by atoms with Crippen LogP contribution in [0.25, 0.3) is 6.08 Å². The van der Waals surface area contributed by atoms with Gasteiger partial charge in [-0.15, -0.1) is 0 Å². The van der Waals surface area contributed by atoms with Crippen molar-refractivity contribution >= 4 is 12.0 Å². The van der Waals surface area contributed by atoms with Crippen molar-refractivity contribution in [3.8, 4) is 17.2 Å². The van der Waals surface area contributed by atoms with Crippen LogP contribution < -0.4 is 14.2 Å². The first-order valence-corrected chi connectivity index (χ1v) is 7.81. The molecule has 0 aliphatic carbocycles. The molecule has 0 radical (unpaired) electrons. The number of methoxy groups -OCH3 is 3.